The summed E-state index contributed by atoms with van der Waals surface area (Å²) in [6.07, 6.45) is 0. The Labute approximate surface area is 155 Å². The second-order valence-corrected chi connectivity index (χ2v) is 8.41. The largest absolute Gasteiger partial charge is 0.340 e. The quantitative estimate of drug-likeness (QED) is 0.901. The van der Waals surface area contributed by atoms with Gasteiger partial charge in [0.1, 0.15) is 0 Å². The van der Waals surface area contributed by atoms with Crippen LogP contribution >= 0.6 is 0 Å². The summed E-state index contributed by atoms with van der Waals surface area (Å²) < 4.78 is 0. The molecule has 1 aromatic heterocycles. The lowest BCUT2D eigenvalue weighted by Crippen LogP contribution is -2.51. The van der Waals surface area contributed by atoms with E-state index in [2.05, 4.69) is 28.9 Å². The van der Waals surface area contributed by atoms with Gasteiger partial charge in [-0.25, -0.2) is 0 Å². The van der Waals surface area contributed by atoms with Crippen LogP contribution in [-0.4, -0.2) is 46.9 Å². The minimum absolute atomic E-state index is 0.0144. The van der Waals surface area contributed by atoms with Crippen molar-refractivity contribution < 1.29 is 4.79 Å². The van der Waals surface area contributed by atoms with Gasteiger partial charge >= 0.3 is 0 Å². The fraction of sp³-hybridized carbons (Fsp3) is 0.524. The van der Waals surface area contributed by atoms with E-state index in [0.717, 1.165) is 48.2 Å². The van der Waals surface area contributed by atoms with Crippen LogP contribution in [0.4, 0.5) is 0 Å². The summed E-state index contributed by atoms with van der Waals surface area (Å²) in [6, 6.07) is 6.17. The highest BCUT2D eigenvalue weighted by Gasteiger charge is 2.29. The van der Waals surface area contributed by atoms with Crippen LogP contribution in [0.1, 0.15) is 37.5 Å². The zero-order valence-electron chi connectivity index (χ0n) is 16.5. The van der Waals surface area contributed by atoms with Gasteiger partial charge in [-0.1, -0.05) is 32.9 Å². The first-order valence-corrected chi connectivity index (χ1v) is 9.30. The summed E-state index contributed by atoms with van der Waals surface area (Å²) in [7, 11) is 0. The molecule has 1 fully saturated rings. The van der Waals surface area contributed by atoms with Gasteiger partial charge in [-0.2, -0.15) is 0 Å². The number of H-pyrrole nitrogens is 1. The Morgan fingerprint density at radius 3 is 2.38 bits per heavy atom. The fourth-order valence-electron chi connectivity index (χ4n) is 3.51. The van der Waals surface area contributed by atoms with Gasteiger partial charge in [0, 0.05) is 43.7 Å². The predicted molar refractivity (Wildman–Crippen MR) is 105 cm³/mol. The number of aromatic nitrogens is 1. The number of fused-ring (bicyclic) bond motifs is 1. The first-order chi connectivity index (χ1) is 12.2. The van der Waals surface area contributed by atoms with Crippen molar-refractivity contribution in [3.8, 4) is 0 Å². The fourth-order valence-corrected chi connectivity index (χ4v) is 3.51. The summed E-state index contributed by atoms with van der Waals surface area (Å²) in [5.74, 6) is 0.201. The van der Waals surface area contributed by atoms with Gasteiger partial charge in [0.05, 0.1) is 5.52 Å². The molecular formula is C21H29N3O2. The third-order valence-electron chi connectivity index (χ3n) is 5.32. The Bertz CT molecular complexity index is 884. The number of aryl methyl sites for hydroxylation is 2. The highest BCUT2D eigenvalue weighted by atomic mass is 16.2. The monoisotopic (exact) mass is 355 g/mol. The minimum atomic E-state index is -0.340. The molecule has 140 valence electrons. The molecule has 1 aromatic carbocycles. The summed E-state index contributed by atoms with van der Waals surface area (Å²) in [4.78, 5) is 32.2. The van der Waals surface area contributed by atoms with E-state index < -0.39 is 0 Å². The standard InChI is InChI=1S/C21H29N3O2/c1-14-6-7-16-12-17(19(25)22-18(16)15(14)2)13-23-8-10-24(11-9-23)20(26)21(3,4)5/h6-7,12H,8-11,13H2,1-5H3,(H,22,25). The molecule has 0 atom stereocenters. The maximum atomic E-state index is 12.5. The molecule has 0 saturated carbocycles. The van der Waals surface area contributed by atoms with Crippen LogP contribution < -0.4 is 5.56 Å². The zero-order valence-corrected chi connectivity index (χ0v) is 16.5. The number of piperazine rings is 1. The van der Waals surface area contributed by atoms with Crippen molar-refractivity contribution >= 4 is 16.8 Å². The number of carbonyl (C=O) groups is 1. The normalized spacial score (nSPS) is 16.3. The van der Waals surface area contributed by atoms with Crippen molar-refractivity contribution in [3.05, 3.63) is 45.2 Å². The molecule has 0 bridgehead atoms. The first-order valence-electron chi connectivity index (χ1n) is 9.30. The van der Waals surface area contributed by atoms with E-state index in [1.165, 1.54) is 5.56 Å². The van der Waals surface area contributed by atoms with Gasteiger partial charge in [-0.15, -0.1) is 0 Å². The van der Waals surface area contributed by atoms with E-state index in [1.54, 1.807) is 0 Å². The molecule has 1 saturated heterocycles. The van der Waals surface area contributed by atoms with Crippen LogP contribution in [0.25, 0.3) is 10.9 Å². The Balaban J connectivity index is 1.73. The summed E-state index contributed by atoms with van der Waals surface area (Å²) >= 11 is 0. The Kier molecular flexibility index (Phi) is 4.93. The third kappa shape index (κ3) is 3.68. The predicted octanol–water partition coefficient (Wildman–Crippen LogP) is 2.84. The molecule has 2 heterocycles. The number of nitrogens with one attached hydrogen (secondary N) is 1. The minimum Gasteiger partial charge on any atom is -0.340 e. The van der Waals surface area contributed by atoms with Gasteiger partial charge < -0.3 is 9.88 Å². The van der Waals surface area contributed by atoms with Crippen molar-refractivity contribution in [1.82, 2.24) is 14.8 Å². The van der Waals surface area contributed by atoms with Crippen LogP contribution in [0.15, 0.2) is 23.0 Å². The molecule has 1 aliphatic rings. The van der Waals surface area contributed by atoms with Crippen LogP contribution in [0.2, 0.25) is 0 Å². The van der Waals surface area contributed by atoms with E-state index >= 15 is 0 Å². The maximum absolute atomic E-state index is 12.5. The van der Waals surface area contributed by atoms with Crippen molar-refractivity contribution in [2.24, 2.45) is 5.41 Å². The number of hydrogen-bond donors (Lipinski definition) is 1. The van der Waals surface area contributed by atoms with Gasteiger partial charge in [0.25, 0.3) is 5.56 Å². The Hall–Kier alpha value is -2.14. The summed E-state index contributed by atoms with van der Waals surface area (Å²) in [5.41, 5.74) is 3.67. The third-order valence-corrected chi connectivity index (χ3v) is 5.32. The van der Waals surface area contributed by atoms with E-state index in [4.69, 9.17) is 0 Å². The van der Waals surface area contributed by atoms with Gasteiger partial charge in [-0.3, -0.25) is 14.5 Å². The van der Waals surface area contributed by atoms with Crippen LogP contribution in [-0.2, 0) is 11.3 Å². The number of carbonyl (C=O) groups excluding carboxylic acids is 1. The van der Waals surface area contributed by atoms with Crippen molar-refractivity contribution in [3.63, 3.8) is 0 Å². The van der Waals surface area contributed by atoms with Gasteiger partial charge in [0.15, 0.2) is 0 Å². The number of aromatic amines is 1. The molecule has 5 nitrogen and oxygen atoms in total. The van der Waals surface area contributed by atoms with Crippen LogP contribution in [0.5, 0.6) is 0 Å². The molecule has 0 unspecified atom stereocenters. The number of pyridine rings is 1. The van der Waals surface area contributed by atoms with Crippen LogP contribution in [0, 0.1) is 19.3 Å². The lowest BCUT2D eigenvalue weighted by atomic mass is 9.94. The van der Waals surface area contributed by atoms with Crippen molar-refractivity contribution in [2.75, 3.05) is 26.2 Å². The molecule has 0 spiro atoms. The SMILES string of the molecule is Cc1ccc2cc(CN3CCN(C(=O)C(C)(C)C)CC3)c(=O)[nH]c2c1C. The molecule has 1 amide bonds. The molecule has 3 rings (SSSR count). The number of hydrogen-bond acceptors (Lipinski definition) is 3. The average Bonchev–Trinajstić information content (AvgIpc) is 2.59. The number of amides is 1. The number of nitrogens with zero attached hydrogens (tertiary/aromatic N) is 2. The molecular weight excluding hydrogens is 326 g/mol. The molecule has 5 heteroatoms. The molecule has 1 N–H and O–H groups in total. The first kappa shape index (κ1) is 18.6. The van der Waals surface area contributed by atoms with Crippen molar-refractivity contribution in [2.45, 2.75) is 41.2 Å². The van der Waals surface area contributed by atoms with E-state index in [9.17, 15) is 9.59 Å². The lowest BCUT2D eigenvalue weighted by Gasteiger charge is -2.37. The Morgan fingerprint density at radius 1 is 1.12 bits per heavy atom. The topological polar surface area (TPSA) is 56.4 Å². The molecule has 26 heavy (non-hydrogen) atoms. The van der Waals surface area contributed by atoms with E-state index in [0.29, 0.717) is 6.54 Å². The molecule has 1 aliphatic heterocycles. The highest BCUT2D eigenvalue weighted by molar-refractivity contribution is 5.83. The second kappa shape index (κ2) is 6.88. The summed E-state index contributed by atoms with van der Waals surface area (Å²) in [6.45, 7) is 13.6. The Morgan fingerprint density at radius 2 is 1.77 bits per heavy atom. The van der Waals surface area contributed by atoms with Crippen LogP contribution in [0.3, 0.4) is 0 Å². The summed E-state index contributed by atoms with van der Waals surface area (Å²) in [5, 5.41) is 1.07. The van der Waals surface area contributed by atoms with Gasteiger partial charge in [0.2, 0.25) is 5.91 Å². The van der Waals surface area contributed by atoms with E-state index in [1.807, 2.05) is 38.7 Å². The maximum Gasteiger partial charge on any atom is 0.252 e. The average molecular weight is 355 g/mol. The zero-order chi connectivity index (χ0) is 19.1. The molecule has 0 radical (unpaired) electrons. The number of rotatable bonds is 2. The van der Waals surface area contributed by atoms with E-state index in [-0.39, 0.29) is 16.9 Å². The molecule has 0 aliphatic carbocycles. The smallest absolute Gasteiger partial charge is 0.252 e. The highest BCUT2D eigenvalue weighted by Crippen LogP contribution is 2.21. The number of benzene rings is 1. The lowest BCUT2D eigenvalue weighted by molar-refractivity contribution is -0.141. The second-order valence-electron chi connectivity index (χ2n) is 8.41. The molecule has 2 aromatic rings. The van der Waals surface area contributed by atoms with Gasteiger partial charge in [-0.05, 0) is 36.4 Å². The van der Waals surface area contributed by atoms with Crippen molar-refractivity contribution in [1.29, 1.82) is 0 Å².